The van der Waals surface area contributed by atoms with Crippen LogP contribution in [0.15, 0.2) is 186 Å². The van der Waals surface area contributed by atoms with E-state index in [1.54, 1.807) is 0 Å². The molecule has 0 N–H and O–H groups in total. The molecule has 3 heterocycles. The molecule has 3 aromatic heterocycles. The van der Waals surface area contributed by atoms with Crippen molar-refractivity contribution in [3.8, 4) is 33.6 Å². The van der Waals surface area contributed by atoms with Crippen molar-refractivity contribution in [3.05, 3.63) is 182 Å². The van der Waals surface area contributed by atoms with Crippen LogP contribution in [0.4, 0.5) is 0 Å². The van der Waals surface area contributed by atoms with Crippen molar-refractivity contribution in [2.45, 2.75) is 0 Å². The predicted octanol–water partition coefficient (Wildman–Crippen LogP) is 13.1. The van der Waals surface area contributed by atoms with E-state index >= 15 is 0 Å². The highest BCUT2D eigenvalue weighted by atomic mass is 16.3. The number of hydrogen-bond acceptors (Lipinski definition) is 1. The van der Waals surface area contributed by atoms with Gasteiger partial charge in [-0.1, -0.05) is 121 Å². The molecule has 0 aliphatic heterocycles. The Morgan fingerprint density at radius 1 is 0.353 bits per heavy atom. The minimum Gasteiger partial charge on any atom is -0.454 e. The van der Waals surface area contributed by atoms with E-state index in [0.29, 0.717) is 0 Å². The van der Waals surface area contributed by atoms with E-state index in [2.05, 4.69) is 179 Å². The molecule has 51 heavy (non-hydrogen) atoms. The first-order valence-electron chi connectivity index (χ1n) is 17.4. The summed E-state index contributed by atoms with van der Waals surface area (Å²) in [6.45, 7) is 0. The van der Waals surface area contributed by atoms with Gasteiger partial charge in [-0.3, -0.25) is 0 Å². The predicted molar refractivity (Wildman–Crippen MR) is 213 cm³/mol. The second-order valence-electron chi connectivity index (χ2n) is 13.3. The number of nitrogens with zero attached hydrogens (tertiary/aromatic N) is 2. The summed E-state index contributed by atoms with van der Waals surface area (Å²) in [5.41, 5.74) is 13.6. The number of fused-ring (bicyclic) bond motifs is 9. The second kappa shape index (κ2) is 10.8. The molecule has 11 aromatic rings. The van der Waals surface area contributed by atoms with Crippen LogP contribution in [0.1, 0.15) is 0 Å². The zero-order chi connectivity index (χ0) is 33.5. The zero-order valence-electron chi connectivity index (χ0n) is 27.6. The van der Waals surface area contributed by atoms with Crippen molar-refractivity contribution < 1.29 is 4.42 Å². The van der Waals surface area contributed by atoms with Gasteiger partial charge in [-0.2, -0.15) is 0 Å². The van der Waals surface area contributed by atoms with Crippen LogP contribution >= 0.6 is 0 Å². The van der Waals surface area contributed by atoms with Gasteiger partial charge >= 0.3 is 0 Å². The quantitative estimate of drug-likeness (QED) is 0.186. The maximum Gasteiger partial charge on any atom is 0.159 e. The van der Waals surface area contributed by atoms with Crippen molar-refractivity contribution in [2.75, 3.05) is 0 Å². The van der Waals surface area contributed by atoms with Gasteiger partial charge in [0.15, 0.2) is 5.58 Å². The smallest absolute Gasteiger partial charge is 0.159 e. The van der Waals surface area contributed by atoms with Gasteiger partial charge in [-0.05, 0) is 82.9 Å². The van der Waals surface area contributed by atoms with E-state index in [9.17, 15) is 0 Å². The standard InChI is InChI=1S/C48H30N2O/c1-3-13-31(14-4-1)35-19-11-22-44-47(35)40-30-33(26-28-43(40)49(44)34-15-5-2-6-16-34)32-25-27-42-39(29-32)36-17-7-9-21-41(36)50(42)45-23-12-20-38-37-18-8-10-24-46(37)51-48(38)45/h1-30H. The fourth-order valence-corrected chi connectivity index (χ4v) is 8.28. The van der Waals surface area contributed by atoms with Gasteiger partial charge in [0.1, 0.15) is 5.58 Å². The van der Waals surface area contributed by atoms with Crippen molar-refractivity contribution in [3.63, 3.8) is 0 Å². The van der Waals surface area contributed by atoms with E-state index in [4.69, 9.17) is 4.42 Å². The summed E-state index contributed by atoms with van der Waals surface area (Å²) in [5.74, 6) is 0. The van der Waals surface area contributed by atoms with Crippen LogP contribution in [0.5, 0.6) is 0 Å². The van der Waals surface area contributed by atoms with E-state index < -0.39 is 0 Å². The number of benzene rings is 8. The molecule has 0 saturated carbocycles. The fourth-order valence-electron chi connectivity index (χ4n) is 8.28. The first-order valence-corrected chi connectivity index (χ1v) is 17.4. The molecule has 0 radical (unpaired) electrons. The summed E-state index contributed by atoms with van der Waals surface area (Å²) >= 11 is 0. The highest BCUT2D eigenvalue weighted by molar-refractivity contribution is 6.17. The van der Waals surface area contributed by atoms with Crippen LogP contribution < -0.4 is 0 Å². The number of furan rings is 1. The molecule has 3 nitrogen and oxygen atoms in total. The Labute approximate surface area is 293 Å². The maximum atomic E-state index is 6.53. The highest BCUT2D eigenvalue weighted by Crippen LogP contribution is 2.42. The Kier molecular flexibility index (Phi) is 5.96. The SMILES string of the molecule is c1ccc(-c2cccc3c2c2cc(-c4ccc5c(c4)c4ccccc4n5-c4cccc5c4oc4ccccc45)ccc2n3-c2ccccc2)cc1. The lowest BCUT2D eigenvalue weighted by atomic mass is 9.97. The summed E-state index contributed by atoms with van der Waals surface area (Å²) in [6, 6.07) is 65.5. The molecule has 0 saturated heterocycles. The molecule has 0 aliphatic carbocycles. The Balaban J connectivity index is 1.15. The third kappa shape index (κ3) is 4.12. The largest absolute Gasteiger partial charge is 0.454 e. The van der Waals surface area contributed by atoms with Gasteiger partial charge in [0.2, 0.25) is 0 Å². The first-order chi connectivity index (χ1) is 25.3. The molecule has 0 atom stereocenters. The van der Waals surface area contributed by atoms with Crippen molar-refractivity contribution >= 4 is 65.6 Å². The van der Waals surface area contributed by atoms with Crippen LogP contribution in [0, 0.1) is 0 Å². The second-order valence-corrected chi connectivity index (χ2v) is 13.3. The topological polar surface area (TPSA) is 23.0 Å². The van der Waals surface area contributed by atoms with E-state index in [1.807, 2.05) is 12.1 Å². The Bertz CT molecular complexity index is 3130. The third-order valence-electron chi connectivity index (χ3n) is 10.5. The molecular formula is C48H30N2O. The van der Waals surface area contributed by atoms with Crippen molar-refractivity contribution in [2.24, 2.45) is 0 Å². The van der Waals surface area contributed by atoms with Crippen LogP contribution in [-0.2, 0) is 0 Å². The van der Waals surface area contributed by atoms with Gasteiger partial charge in [0.25, 0.3) is 0 Å². The molecule has 0 fully saturated rings. The number of hydrogen-bond donors (Lipinski definition) is 0. The summed E-state index contributed by atoms with van der Waals surface area (Å²) < 4.78 is 11.3. The first kappa shape index (κ1) is 28.0. The van der Waals surface area contributed by atoms with Gasteiger partial charge < -0.3 is 13.6 Å². The molecule has 0 bridgehead atoms. The van der Waals surface area contributed by atoms with Gasteiger partial charge in [-0.15, -0.1) is 0 Å². The molecule has 0 aliphatic rings. The normalized spacial score (nSPS) is 11.9. The van der Waals surface area contributed by atoms with Crippen LogP contribution in [0.2, 0.25) is 0 Å². The molecule has 0 amide bonds. The maximum absolute atomic E-state index is 6.53. The van der Waals surface area contributed by atoms with Crippen LogP contribution in [0.3, 0.4) is 0 Å². The number of rotatable bonds is 4. The van der Waals surface area contributed by atoms with Crippen molar-refractivity contribution in [1.29, 1.82) is 0 Å². The monoisotopic (exact) mass is 650 g/mol. The average molecular weight is 651 g/mol. The zero-order valence-corrected chi connectivity index (χ0v) is 27.6. The van der Waals surface area contributed by atoms with E-state index in [-0.39, 0.29) is 0 Å². The number of aromatic nitrogens is 2. The molecule has 11 rings (SSSR count). The Morgan fingerprint density at radius 2 is 0.961 bits per heavy atom. The molecule has 0 spiro atoms. The summed E-state index contributed by atoms with van der Waals surface area (Å²) in [5, 5.41) is 7.20. The summed E-state index contributed by atoms with van der Waals surface area (Å²) in [6.07, 6.45) is 0. The minimum absolute atomic E-state index is 0.903. The van der Waals surface area contributed by atoms with Crippen molar-refractivity contribution in [1.82, 2.24) is 9.13 Å². The molecule has 0 unspecified atom stereocenters. The lowest BCUT2D eigenvalue weighted by molar-refractivity contribution is 0.666. The lowest BCUT2D eigenvalue weighted by Crippen LogP contribution is -1.94. The summed E-state index contributed by atoms with van der Waals surface area (Å²) in [7, 11) is 0. The highest BCUT2D eigenvalue weighted by Gasteiger charge is 2.20. The van der Waals surface area contributed by atoms with Gasteiger partial charge in [0, 0.05) is 38.0 Å². The van der Waals surface area contributed by atoms with Crippen LogP contribution in [0.25, 0.3) is 99.2 Å². The lowest BCUT2D eigenvalue weighted by Gasteiger charge is -2.10. The minimum atomic E-state index is 0.903. The molecule has 238 valence electrons. The Morgan fingerprint density at radius 3 is 1.78 bits per heavy atom. The van der Waals surface area contributed by atoms with E-state index in [0.717, 1.165) is 44.3 Å². The van der Waals surface area contributed by atoms with Gasteiger partial charge in [-0.25, -0.2) is 0 Å². The Hall–Kier alpha value is -6.84. The number of para-hydroxylation sites is 4. The van der Waals surface area contributed by atoms with E-state index in [1.165, 1.54) is 54.8 Å². The fraction of sp³-hybridized carbons (Fsp3) is 0. The summed E-state index contributed by atoms with van der Waals surface area (Å²) in [4.78, 5) is 0. The molecule has 3 heteroatoms. The third-order valence-corrected chi connectivity index (χ3v) is 10.5. The molecule has 8 aromatic carbocycles. The average Bonchev–Trinajstić information content (AvgIpc) is 3.86. The van der Waals surface area contributed by atoms with Gasteiger partial charge in [0.05, 0.1) is 27.8 Å². The van der Waals surface area contributed by atoms with Crippen LogP contribution in [-0.4, -0.2) is 9.13 Å². The molecular weight excluding hydrogens is 621 g/mol.